The highest BCUT2D eigenvalue weighted by Gasteiger charge is 2.37. The van der Waals surface area contributed by atoms with Crippen LogP contribution in [-0.4, -0.2) is 89.9 Å². The lowest BCUT2D eigenvalue weighted by molar-refractivity contribution is -0.142. The van der Waals surface area contributed by atoms with E-state index in [9.17, 15) is 31.9 Å². The summed E-state index contributed by atoms with van der Waals surface area (Å²) in [5, 5.41) is 20.2. The Hall–Kier alpha value is -3.59. The van der Waals surface area contributed by atoms with E-state index < -0.39 is 30.9 Å². The smallest absolute Gasteiger partial charge is 0.384 e. The molecule has 2 N–H and O–H groups in total. The van der Waals surface area contributed by atoms with Crippen LogP contribution < -0.4 is 5.32 Å². The van der Waals surface area contributed by atoms with Crippen LogP contribution in [0, 0.1) is 0 Å². The zero-order valence-corrected chi connectivity index (χ0v) is 21.6. The standard InChI is InChI=1S/C25H29F5N8O2/c1-15(39)24(40)35-7-5-17(6-8-35)36-11-18(12-36)38-13-20(22(34-38)23(26)27)33-21-4-2-3-19(32-21)16-9-31-37(10-16)14-25(28,29)30/h2-4,9-10,13,15,17-18,23,39H,5-8,11-12,14H2,1H3,(H,32,33)/t15-/m1/s1. The molecule has 10 nitrogen and oxygen atoms in total. The van der Waals surface area contributed by atoms with Crippen LogP contribution in [0.3, 0.4) is 0 Å². The molecule has 3 aromatic rings. The van der Waals surface area contributed by atoms with E-state index in [0.29, 0.717) is 37.4 Å². The quantitative estimate of drug-likeness (QED) is 0.400. The van der Waals surface area contributed by atoms with Gasteiger partial charge in [-0.2, -0.15) is 23.4 Å². The molecular formula is C25H29F5N8O2. The average molecular weight is 569 g/mol. The summed E-state index contributed by atoms with van der Waals surface area (Å²) < 4.78 is 67.9. The van der Waals surface area contributed by atoms with Crippen LogP contribution in [0.25, 0.3) is 11.3 Å². The van der Waals surface area contributed by atoms with Crippen LogP contribution in [0.4, 0.5) is 33.5 Å². The molecule has 5 rings (SSSR count). The molecule has 0 saturated carbocycles. The number of aliphatic hydroxyl groups is 1. The molecule has 2 fully saturated rings. The van der Waals surface area contributed by atoms with Crippen molar-refractivity contribution in [1.82, 2.24) is 34.3 Å². The summed E-state index contributed by atoms with van der Waals surface area (Å²) in [7, 11) is 0. The number of carbonyl (C=O) groups excluding carboxylic acids is 1. The van der Waals surface area contributed by atoms with Crippen molar-refractivity contribution in [1.29, 1.82) is 0 Å². The van der Waals surface area contributed by atoms with Crippen LogP contribution in [-0.2, 0) is 11.3 Å². The second kappa shape index (κ2) is 11.1. The van der Waals surface area contributed by atoms with Gasteiger partial charge >= 0.3 is 6.18 Å². The first-order valence-corrected chi connectivity index (χ1v) is 12.9. The Morgan fingerprint density at radius 1 is 1.15 bits per heavy atom. The summed E-state index contributed by atoms with van der Waals surface area (Å²) in [4.78, 5) is 20.3. The summed E-state index contributed by atoms with van der Waals surface area (Å²) in [6.07, 6.45) is -2.72. The molecular weight excluding hydrogens is 539 g/mol. The van der Waals surface area contributed by atoms with Gasteiger partial charge in [-0.1, -0.05) is 6.07 Å². The fourth-order valence-corrected chi connectivity index (χ4v) is 5.09. The van der Waals surface area contributed by atoms with Crippen LogP contribution in [0.5, 0.6) is 0 Å². The number of halogens is 5. The third-order valence-corrected chi connectivity index (χ3v) is 7.16. The minimum absolute atomic E-state index is 0.0933. The van der Waals surface area contributed by atoms with Gasteiger partial charge in [0.15, 0.2) is 5.69 Å². The summed E-state index contributed by atoms with van der Waals surface area (Å²) in [6, 6.07) is 4.94. The van der Waals surface area contributed by atoms with Gasteiger partial charge < -0.3 is 15.3 Å². The third-order valence-electron chi connectivity index (χ3n) is 7.16. The molecule has 0 aliphatic carbocycles. The Labute approximate surface area is 226 Å². The summed E-state index contributed by atoms with van der Waals surface area (Å²) in [5.41, 5.74) is 0.359. The van der Waals surface area contributed by atoms with Crippen molar-refractivity contribution in [2.75, 3.05) is 31.5 Å². The zero-order valence-electron chi connectivity index (χ0n) is 21.6. The molecule has 3 aromatic heterocycles. The number of alkyl halides is 5. The van der Waals surface area contributed by atoms with E-state index in [2.05, 4.69) is 25.4 Å². The van der Waals surface area contributed by atoms with Crippen LogP contribution in [0.15, 0.2) is 36.8 Å². The minimum atomic E-state index is -4.42. The van der Waals surface area contributed by atoms with Crippen molar-refractivity contribution in [2.24, 2.45) is 0 Å². The molecule has 216 valence electrons. The SMILES string of the molecule is C[C@@H](O)C(=O)N1CCC(N2CC(n3cc(Nc4cccc(-c5cnn(CC(F)(F)F)c5)n4)c(C(F)F)n3)C2)CC1. The van der Waals surface area contributed by atoms with E-state index >= 15 is 0 Å². The Morgan fingerprint density at radius 3 is 2.52 bits per heavy atom. The maximum absolute atomic E-state index is 13.8. The summed E-state index contributed by atoms with van der Waals surface area (Å²) in [6.45, 7) is 2.62. The Morgan fingerprint density at radius 2 is 1.88 bits per heavy atom. The summed E-state index contributed by atoms with van der Waals surface area (Å²) >= 11 is 0. The number of aromatic nitrogens is 5. The number of pyridine rings is 1. The van der Waals surface area contributed by atoms with Crippen LogP contribution >= 0.6 is 0 Å². The molecule has 0 bridgehead atoms. The highest BCUT2D eigenvalue weighted by molar-refractivity contribution is 5.80. The van der Waals surface area contributed by atoms with Gasteiger partial charge in [-0.15, -0.1) is 0 Å². The van der Waals surface area contributed by atoms with E-state index in [-0.39, 0.29) is 29.5 Å². The van der Waals surface area contributed by atoms with Crippen LogP contribution in [0.1, 0.15) is 37.9 Å². The Balaban J connectivity index is 1.22. The fourth-order valence-electron chi connectivity index (χ4n) is 5.09. The predicted molar refractivity (Wildman–Crippen MR) is 134 cm³/mol. The van der Waals surface area contributed by atoms with Crippen molar-refractivity contribution < 1.29 is 31.9 Å². The average Bonchev–Trinajstić information content (AvgIpc) is 3.49. The minimum Gasteiger partial charge on any atom is -0.384 e. The number of nitrogens with zero attached hydrogens (tertiary/aromatic N) is 7. The molecule has 1 atom stereocenters. The first-order valence-electron chi connectivity index (χ1n) is 12.9. The van der Waals surface area contributed by atoms with Gasteiger partial charge in [0, 0.05) is 50.2 Å². The molecule has 5 heterocycles. The molecule has 2 aliphatic rings. The van der Waals surface area contributed by atoms with Crippen LogP contribution in [0.2, 0.25) is 0 Å². The number of rotatable bonds is 8. The number of amides is 1. The number of hydrogen-bond donors (Lipinski definition) is 2. The van der Waals surface area contributed by atoms with Gasteiger partial charge in [0.25, 0.3) is 12.3 Å². The maximum Gasteiger partial charge on any atom is 0.408 e. The topological polar surface area (TPSA) is 104 Å². The maximum atomic E-state index is 13.8. The highest BCUT2D eigenvalue weighted by Crippen LogP contribution is 2.33. The largest absolute Gasteiger partial charge is 0.408 e. The number of aliphatic hydroxyl groups excluding tert-OH is 1. The molecule has 1 amide bonds. The monoisotopic (exact) mass is 568 g/mol. The Kier molecular flexibility index (Phi) is 7.77. The van der Waals surface area contributed by atoms with Gasteiger partial charge in [-0.25, -0.2) is 13.8 Å². The first-order chi connectivity index (χ1) is 19.0. The highest BCUT2D eigenvalue weighted by atomic mass is 19.4. The summed E-state index contributed by atoms with van der Waals surface area (Å²) in [5.74, 6) is -0.0381. The molecule has 0 unspecified atom stereocenters. The van der Waals surface area contributed by atoms with E-state index in [0.717, 1.165) is 17.5 Å². The second-order valence-electron chi connectivity index (χ2n) is 10.1. The first kappa shape index (κ1) is 28.0. The van der Waals surface area contributed by atoms with Crippen molar-refractivity contribution in [3.8, 4) is 11.3 Å². The number of carbonyl (C=O) groups is 1. The van der Waals surface area contributed by atoms with E-state index in [1.54, 1.807) is 23.1 Å². The lowest BCUT2D eigenvalue weighted by atomic mass is 9.97. The van der Waals surface area contributed by atoms with Crippen molar-refractivity contribution in [3.05, 3.63) is 42.5 Å². The molecule has 2 saturated heterocycles. The molecule has 40 heavy (non-hydrogen) atoms. The number of hydrogen-bond acceptors (Lipinski definition) is 7. The van der Waals surface area contributed by atoms with E-state index in [4.69, 9.17) is 0 Å². The number of anilines is 2. The van der Waals surface area contributed by atoms with Gasteiger partial charge in [0.1, 0.15) is 18.5 Å². The number of likely N-dealkylation sites (tertiary alicyclic amines) is 2. The molecule has 0 aromatic carbocycles. The normalized spacial score (nSPS) is 18.2. The number of piperidine rings is 1. The van der Waals surface area contributed by atoms with Gasteiger partial charge in [0.2, 0.25) is 0 Å². The molecule has 15 heteroatoms. The van der Waals surface area contributed by atoms with E-state index in [1.165, 1.54) is 30.2 Å². The number of nitrogens with one attached hydrogen (secondary N) is 1. The van der Waals surface area contributed by atoms with Gasteiger partial charge in [-0.05, 0) is 31.9 Å². The molecule has 2 aliphatic heterocycles. The van der Waals surface area contributed by atoms with Crippen molar-refractivity contribution in [3.63, 3.8) is 0 Å². The van der Waals surface area contributed by atoms with Crippen molar-refractivity contribution in [2.45, 2.75) is 57.1 Å². The predicted octanol–water partition coefficient (Wildman–Crippen LogP) is 3.61. The third kappa shape index (κ3) is 6.25. The molecule has 0 spiro atoms. The van der Waals surface area contributed by atoms with Gasteiger partial charge in [-0.3, -0.25) is 19.1 Å². The van der Waals surface area contributed by atoms with E-state index in [1.807, 2.05) is 0 Å². The Bertz CT molecular complexity index is 1330. The lowest BCUT2D eigenvalue weighted by Gasteiger charge is -2.47. The molecule has 0 radical (unpaired) electrons. The van der Waals surface area contributed by atoms with Gasteiger partial charge in [0.05, 0.1) is 23.6 Å². The lowest BCUT2D eigenvalue weighted by Crippen LogP contribution is -2.56. The van der Waals surface area contributed by atoms with Crippen molar-refractivity contribution >= 4 is 17.4 Å². The fraction of sp³-hybridized carbons (Fsp3) is 0.520. The second-order valence-corrected chi connectivity index (χ2v) is 10.1. The zero-order chi connectivity index (χ0) is 28.6.